The van der Waals surface area contributed by atoms with Crippen LogP contribution in [0.25, 0.3) is 0 Å². The number of amides is 1. The van der Waals surface area contributed by atoms with E-state index in [9.17, 15) is 4.79 Å². The van der Waals surface area contributed by atoms with Crippen LogP contribution in [0.2, 0.25) is 0 Å². The minimum Gasteiger partial charge on any atom is -0.457 e. The summed E-state index contributed by atoms with van der Waals surface area (Å²) in [5.41, 5.74) is 0.626. The van der Waals surface area contributed by atoms with Crippen molar-refractivity contribution in [2.75, 3.05) is 6.54 Å². The Morgan fingerprint density at radius 1 is 1.56 bits per heavy atom. The highest BCUT2D eigenvalue weighted by atomic mass is 79.9. The number of hydrogen-bond donors (Lipinski definition) is 0. The fourth-order valence-corrected chi connectivity index (χ4v) is 2.63. The van der Waals surface area contributed by atoms with Crippen LogP contribution < -0.4 is 0 Å². The van der Waals surface area contributed by atoms with Gasteiger partial charge in [-0.1, -0.05) is 6.92 Å². The van der Waals surface area contributed by atoms with Crippen LogP contribution in [0, 0.1) is 5.92 Å². The molecule has 1 amide bonds. The van der Waals surface area contributed by atoms with Crippen molar-refractivity contribution < 1.29 is 9.21 Å². The number of furan rings is 1. The number of halogens is 1. The lowest BCUT2D eigenvalue weighted by Crippen LogP contribution is -2.46. The smallest absolute Gasteiger partial charge is 0.258 e. The van der Waals surface area contributed by atoms with Gasteiger partial charge in [-0.3, -0.25) is 4.79 Å². The van der Waals surface area contributed by atoms with E-state index in [-0.39, 0.29) is 5.91 Å². The number of likely N-dealkylation sites (tertiary alicyclic amines) is 1. The minimum atomic E-state index is 0.0691. The molecule has 88 valence electrons. The molecular formula is C12H16BrNO2. The van der Waals surface area contributed by atoms with E-state index in [2.05, 4.69) is 29.8 Å². The van der Waals surface area contributed by atoms with Gasteiger partial charge in [0, 0.05) is 12.6 Å². The summed E-state index contributed by atoms with van der Waals surface area (Å²) >= 11 is 3.25. The SMILES string of the molecule is CC1CCCN(C(=O)c2ccoc2Br)C1C. The van der Waals surface area contributed by atoms with E-state index >= 15 is 0 Å². The number of rotatable bonds is 1. The minimum absolute atomic E-state index is 0.0691. The van der Waals surface area contributed by atoms with Crippen LogP contribution in [0.5, 0.6) is 0 Å². The summed E-state index contributed by atoms with van der Waals surface area (Å²) in [5, 5.41) is 0. The molecule has 0 radical (unpaired) electrons. The maximum Gasteiger partial charge on any atom is 0.258 e. The molecule has 0 spiro atoms. The van der Waals surface area contributed by atoms with Crippen LogP contribution in [0.3, 0.4) is 0 Å². The standard InChI is InChI=1S/C12H16BrNO2/c1-8-4-3-6-14(9(8)2)12(15)10-5-7-16-11(10)13/h5,7-9H,3-4,6H2,1-2H3. The Balaban J connectivity index is 2.18. The predicted octanol–water partition coefficient (Wildman–Crippen LogP) is 3.30. The maximum atomic E-state index is 12.3. The van der Waals surface area contributed by atoms with Crippen LogP contribution >= 0.6 is 15.9 Å². The van der Waals surface area contributed by atoms with Crippen molar-refractivity contribution >= 4 is 21.8 Å². The molecule has 1 aliphatic rings. The normalized spacial score (nSPS) is 25.8. The second-order valence-electron chi connectivity index (χ2n) is 4.47. The van der Waals surface area contributed by atoms with Crippen LogP contribution in [-0.2, 0) is 0 Å². The molecule has 0 aromatic carbocycles. The molecule has 2 rings (SSSR count). The van der Waals surface area contributed by atoms with Gasteiger partial charge in [-0.15, -0.1) is 0 Å². The zero-order valence-electron chi connectivity index (χ0n) is 9.57. The lowest BCUT2D eigenvalue weighted by atomic mass is 9.91. The zero-order chi connectivity index (χ0) is 11.7. The molecule has 1 fully saturated rings. The first kappa shape index (κ1) is 11.7. The van der Waals surface area contributed by atoms with Gasteiger partial charge in [-0.05, 0) is 47.7 Å². The molecule has 0 aliphatic carbocycles. The van der Waals surface area contributed by atoms with E-state index in [0.717, 1.165) is 13.0 Å². The number of piperidine rings is 1. The van der Waals surface area contributed by atoms with E-state index in [0.29, 0.717) is 22.2 Å². The van der Waals surface area contributed by atoms with Gasteiger partial charge in [-0.2, -0.15) is 0 Å². The molecule has 2 unspecified atom stereocenters. The monoisotopic (exact) mass is 285 g/mol. The molecule has 1 aliphatic heterocycles. The summed E-state index contributed by atoms with van der Waals surface area (Å²) in [6.45, 7) is 5.17. The van der Waals surface area contributed by atoms with Crippen LogP contribution in [0.15, 0.2) is 21.4 Å². The molecule has 4 heteroatoms. The molecule has 0 saturated carbocycles. The third-order valence-electron chi connectivity index (χ3n) is 3.48. The van der Waals surface area contributed by atoms with Crippen molar-refractivity contribution in [3.63, 3.8) is 0 Å². The Morgan fingerprint density at radius 3 is 2.94 bits per heavy atom. The highest BCUT2D eigenvalue weighted by molar-refractivity contribution is 9.10. The Labute approximate surface area is 104 Å². The first-order valence-electron chi connectivity index (χ1n) is 5.65. The predicted molar refractivity (Wildman–Crippen MR) is 65.3 cm³/mol. The fourth-order valence-electron chi connectivity index (χ4n) is 2.22. The lowest BCUT2D eigenvalue weighted by Gasteiger charge is -2.37. The quantitative estimate of drug-likeness (QED) is 0.793. The number of carbonyl (C=O) groups excluding carboxylic acids is 1. The van der Waals surface area contributed by atoms with Crippen molar-refractivity contribution in [2.24, 2.45) is 5.92 Å². The first-order valence-corrected chi connectivity index (χ1v) is 6.44. The van der Waals surface area contributed by atoms with E-state index in [1.54, 1.807) is 6.07 Å². The van der Waals surface area contributed by atoms with E-state index < -0.39 is 0 Å². The summed E-state index contributed by atoms with van der Waals surface area (Å²) in [6.07, 6.45) is 3.83. The summed E-state index contributed by atoms with van der Waals surface area (Å²) in [5.74, 6) is 0.642. The maximum absolute atomic E-state index is 12.3. The van der Waals surface area contributed by atoms with Gasteiger partial charge in [0.2, 0.25) is 0 Å². The second kappa shape index (κ2) is 4.62. The Kier molecular flexibility index (Phi) is 3.38. The van der Waals surface area contributed by atoms with Crippen LogP contribution in [-0.4, -0.2) is 23.4 Å². The highest BCUT2D eigenvalue weighted by Crippen LogP contribution is 2.27. The number of carbonyl (C=O) groups is 1. The van der Waals surface area contributed by atoms with E-state index in [4.69, 9.17) is 4.42 Å². The fraction of sp³-hybridized carbons (Fsp3) is 0.583. The van der Waals surface area contributed by atoms with Crippen molar-refractivity contribution in [1.82, 2.24) is 4.90 Å². The van der Waals surface area contributed by atoms with Gasteiger partial charge in [0.15, 0.2) is 4.67 Å². The lowest BCUT2D eigenvalue weighted by molar-refractivity contribution is 0.0549. The van der Waals surface area contributed by atoms with Gasteiger partial charge < -0.3 is 9.32 Å². The van der Waals surface area contributed by atoms with Gasteiger partial charge in [0.05, 0.1) is 11.8 Å². The average molecular weight is 286 g/mol. The third-order valence-corrected chi connectivity index (χ3v) is 4.10. The molecule has 1 aromatic heterocycles. The first-order chi connectivity index (χ1) is 7.61. The molecule has 1 saturated heterocycles. The van der Waals surface area contributed by atoms with E-state index in [1.807, 2.05) is 4.90 Å². The number of nitrogens with zero attached hydrogens (tertiary/aromatic N) is 1. The molecule has 2 heterocycles. The molecule has 3 nitrogen and oxygen atoms in total. The summed E-state index contributed by atoms with van der Waals surface area (Å²) in [6, 6.07) is 2.03. The van der Waals surface area contributed by atoms with Gasteiger partial charge in [0.25, 0.3) is 5.91 Å². The highest BCUT2D eigenvalue weighted by Gasteiger charge is 2.30. The van der Waals surface area contributed by atoms with Crippen molar-refractivity contribution in [1.29, 1.82) is 0 Å². The summed E-state index contributed by atoms with van der Waals surface area (Å²) in [7, 11) is 0. The van der Waals surface area contributed by atoms with Crippen molar-refractivity contribution in [3.05, 3.63) is 22.6 Å². The summed E-state index contributed by atoms with van der Waals surface area (Å²) in [4.78, 5) is 14.2. The topological polar surface area (TPSA) is 33.5 Å². The van der Waals surface area contributed by atoms with Crippen molar-refractivity contribution in [2.45, 2.75) is 32.7 Å². The molecule has 0 N–H and O–H groups in total. The molecule has 16 heavy (non-hydrogen) atoms. The Morgan fingerprint density at radius 2 is 2.31 bits per heavy atom. The van der Waals surface area contributed by atoms with Crippen molar-refractivity contribution in [3.8, 4) is 0 Å². The molecule has 1 aromatic rings. The zero-order valence-corrected chi connectivity index (χ0v) is 11.2. The van der Waals surface area contributed by atoms with Gasteiger partial charge in [-0.25, -0.2) is 0 Å². The summed E-state index contributed by atoms with van der Waals surface area (Å²) < 4.78 is 5.64. The third kappa shape index (κ3) is 2.03. The molecule has 0 bridgehead atoms. The van der Waals surface area contributed by atoms with Crippen LogP contribution in [0.1, 0.15) is 37.0 Å². The Hall–Kier alpha value is -0.770. The van der Waals surface area contributed by atoms with Crippen LogP contribution in [0.4, 0.5) is 0 Å². The van der Waals surface area contributed by atoms with Gasteiger partial charge >= 0.3 is 0 Å². The van der Waals surface area contributed by atoms with Gasteiger partial charge in [0.1, 0.15) is 0 Å². The second-order valence-corrected chi connectivity index (χ2v) is 5.19. The molecule has 2 atom stereocenters. The largest absolute Gasteiger partial charge is 0.457 e. The average Bonchev–Trinajstić information content (AvgIpc) is 2.68. The Bertz CT molecular complexity index is 388. The number of hydrogen-bond acceptors (Lipinski definition) is 2. The molecular weight excluding hydrogens is 270 g/mol. The van der Waals surface area contributed by atoms with E-state index in [1.165, 1.54) is 12.7 Å².